The summed E-state index contributed by atoms with van der Waals surface area (Å²) in [5, 5.41) is 2.18. The maximum absolute atomic E-state index is 13.4. The molecule has 0 fully saturated rings. The van der Waals surface area contributed by atoms with Gasteiger partial charge in [0.1, 0.15) is 17.3 Å². The lowest BCUT2D eigenvalue weighted by molar-refractivity contribution is 0.102. The van der Waals surface area contributed by atoms with Crippen LogP contribution in [0.3, 0.4) is 0 Å². The van der Waals surface area contributed by atoms with Gasteiger partial charge in [0.05, 0.1) is 10.2 Å². The minimum Gasteiger partial charge on any atom is -0.318 e. The first-order chi connectivity index (χ1) is 8.97. The second-order valence-corrected chi connectivity index (χ2v) is 4.40. The fourth-order valence-electron chi connectivity index (χ4n) is 1.34. The zero-order valence-electron chi connectivity index (χ0n) is 9.25. The Balaban J connectivity index is 2.27. The van der Waals surface area contributed by atoms with E-state index in [4.69, 9.17) is 0 Å². The lowest BCUT2D eigenvalue weighted by Crippen LogP contribution is -2.15. The number of anilines is 1. The van der Waals surface area contributed by atoms with Crippen molar-refractivity contribution in [3.63, 3.8) is 0 Å². The van der Waals surface area contributed by atoms with Crippen LogP contribution in [0.25, 0.3) is 0 Å². The Kier molecular flexibility index (Phi) is 3.84. The highest BCUT2D eigenvalue weighted by Crippen LogP contribution is 2.23. The van der Waals surface area contributed by atoms with Crippen LogP contribution >= 0.6 is 15.9 Å². The lowest BCUT2D eigenvalue weighted by Gasteiger charge is -2.07. The summed E-state index contributed by atoms with van der Waals surface area (Å²) in [6.45, 7) is 0. The summed E-state index contributed by atoms with van der Waals surface area (Å²) in [6, 6.07) is 5.34. The molecule has 98 valence electrons. The van der Waals surface area contributed by atoms with Crippen molar-refractivity contribution in [1.29, 1.82) is 0 Å². The largest absolute Gasteiger partial charge is 0.318 e. The van der Waals surface area contributed by atoms with Crippen LogP contribution < -0.4 is 5.32 Å². The Morgan fingerprint density at radius 2 is 1.89 bits per heavy atom. The maximum atomic E-state index is 13.4. The number of nitrogens with one attached hydrogen (secondary N) is 1. The van der Waals surface area contributed by atoms with Gasteiger partial charge in [-0.05, 0) is 34.1 Å². The molecule has 1 heterocycles. The van der Waals surface area contributed by atoms with Crippen molar-refractivity contribution in [2.24, 2.45) is 0 Å². The number of amides is 1. The number of nitrogens with zero attached hydrogens (tertiary/aromatic N) is 1. The molecule has 1 amide bonds. The van der Waals surface area contributed by atoms with E-state index in [2.05, 4.69) is 26.2 Å². The predicted octanol–water partition coefficient (Wildman–Crippen LogP) is 3.51. The van der Waals surface area contributed by atoms with Crippen LogP contribution in [0.1, 0.15) is 10.5 Å². The van der Waals surface area contributed by atoms with Crippen LogP contribution in [0.5, 0.6) is 0 Å². The molecule has 1 aromatic carbocycles. The van der Waals surface area contributed by atoms with E-state index in [1.807, 2.05) is 0 Å². The summed E-state index contributed by atoms with van der Waals surface area (Å²) >= 11 is 2.87. The van der Waals surface area contributed by atoms with Gasteiger partial charge in [-0.3, -0.25) is 4.79 Å². The Morgan fingerprint density at radius 3 is 2.58 bits per heavy atom. The highest BCUT2D eigenvalue weighted by molar-refractivity contribution is 9.10. The molecule has 0 saturated heterocycles. The molecule has 2 aromatic rings. The van der Waals surface area contributed by atoms with Gasteiger partial charge in [0, 0.05) is 6.07 Å². The number of carbonyl (C=O) groups is 1. The molecule has 0 spiro atoms. The first-order valence-electron chi connectivity index (χ1n) is 5.06. The monoisotopic (exact) mass is 330 g/mol. The Bertz CT molecular complexity index is 649. The van der Waals surface area contributed by atoms with E-state index >= 15 is 0 Å². The van der Waals surface area contributed by atoms with E-state index in [0.717, 1.165) is 12.1 Å². The first-order valence-corrected chi connectivity index (χ1v) is 5.85. The van der Waals surface area contributed by atoms with Gasteiger partial charge in [0.2, 0.25) is 5.95 Å². The molecular formula is C12H6BrF3N2O. The third kappa shape index (κ3) is 3.11. The summed E-state index contributed by atoms with van der Waals surface area (Å²) in [4.78, 5) is 15.1. The summed E-state index contributed by atoms with van der Waals surface area (Å²) < 4.78 is 39.3. The van der Waals surface area contributed by atoms with Crippen molar-refractivity contribution in [3.05, 3.63) is 58.1 Å². The quantitative estimate of drug-likeness (QED) is 0.676. The van der Waals surface area contributed by atoms with E-state index in [9.17, 15) is 18.0 Å². The van der Waals surface area contributed by atoms with Crippen LogP contribution in [0.2, 0.25) is 0 Å². The topological polar surface area (TPSA) is 42.0 Å². The van der Waals surface area contributed by atoms with Gasteiger partial charge >= 0.3 is 0 Å². The number of hydrogen-bond donors (Lipinski definition) is 1. The molecule has 0 saturated carbocycles. The molecule has 19 heavy (non-hydrogen) atoms. The summed E-state index contributed by atoms with van der Waals surface area (Å²) in [6.07, 6.45) is 0. The van der Waals surface area contributed by atoms with Gasteiger partial charge < -0.3 is 5.32 Å². The SMILES string of the molecule is O=C(Nc1cc(Br)c(F)cc1F)c1cccc(F)n1. The van der Waals surface area contributed by atoms with E-state index < -0.39 is 23.5 Å². The van der Waals surface area contributed by atoms with E-state index in [0.29, 0.717) is 6.07 Å². The van der Waals surface area contributed by atoms with Crippen molar-refractivity contribution in [2.45, 2.75) is 0 Å². The van der Waals surface area contributed by atoms with Crippen LogP contribution in [-0.4, -0.2) is 10.9 Å². The third-order valence-electron chi connectivity index (χ3n) is 2.21. The van der Waals surface area contributed by atoms with Crippen molar-refractivity contribution in [1.82, 2.24) is 4.98 Å². The molecule has 0 aliphatic carbocycles. The molecule has 0 aliphatic rings. The van der Waals surface area contributed by atoms with Crippen LogP contribution in [0, 0.1) is 17.6 Å². The first kappa shape index (κ1) is 13.5. The molecule has 0 unspecified atom stereocenters. The van der Waals surface area contributed by atoms with E-state index in [-0.39, 0.29) is 15.9 Å². The normalized spacial score (nSPS) is 10.3. The summed E-state index contributed by atoms with van der Waals surface area (Å²) in [7, 11) is 0. The molecule has 0 aliphatic heterocycles. The van der Waals surface area contributed by atoms with Crippen molar-refractivity contribution < 1.29 is 18.0 Å². The maximum Gasteiger partial charge on any atom is 0.274 e. The standard InChI is InChI=1S/C12H6BrF3N2O/c13-6-4-10(8(15)5-7(6)14)18-12(19)9-2-1-3-11(16)17-9/h1-5H,(H,18,19). The number of halogens is 4. The second kappa shape index (κ2) is 5.40. The molecule has 0 bridgehead atoms. The third-order valence-corrected chi connectivity index (χ3v) is 2.81. The molecule has 1 aromatic heterocycles. The molecule has 2 rings (SSSR count). The van der Waals surface area contributed by atoms with Crippen LogP contribution in [0.15, 0.2) is 34.8 Å². The molecule has 1 N–H and O–H groups in total. The highest BCUT2D eigenvalue weighted by atomic mass is 79.9. The zero-order valence-corrected chi connectivity index (χ0v) is 10.8. The Morgan fingerprint density at radius 1 is 1.16 bits per heavy atom. The van der Waals surface area contributed by atoms with Gasteiger partial charge in [-0.1, -0.05) is 6.07 Å². The van der Waals surface area contributed by atoms with Crippen molar-refractivity contribution in [2.75, 3.05) is 5.32 Å². The smallest absolute Gasteiger partial charge is 0.274 e. The second-order valence-electron chi connectivity index (χ2n) is 3.55. The van der Waals surface area contributed by atoms with Gasteiger partial charge in [-0.25, -0.2) is 13.8 Å². The van der Waals surface area contributed by atoms with E-state index in [1.54, 1.807) is 0 Å². The molecular weight excluding hydrogens is 325 g/mol. The minimum absolute atomic E-state index is 0.00333. The molecule has 7 heteroatoms. The summed E-state index contributed by atoms with van der Waals surface area (Å²) in [5.41, 5.74) is -0.441. The number of pyridine rings is 1. The zero-order chi connectivity index (χ0) is 14.0. The van der Waals surface area contributed by atoms with Gasteiger partial charge in [-0.2, -0.15) is 4.39 Å². The Hall–Kier alpha value is -1.89. The molecule has 0 atom stereocenters. The van der Waals surface area contributed by atoms with Gasteiger partial charge in [0.15, 0.2) is 0 Å². The predicted molar refractivity (Wildman–Crippen MR) is 66.2 cm³/mol. The average molecular weight is 331 g/mol. The number of aromatic nitrogens is 1. The number of rotatable bonds is 2. The van der Waals surface area contributed by atoms with Crippen molar-refractivity contribution in [3.8, 4) is 0 Å². The number of hydrogen-bond acceptors (Lipinski definition) is 2. The van der Waals surface area contributed by atoms with Crippen molar-refractivity contribution >= 4 is 27.5 Å². The highest BCUT2D eigenvalue weighted by Gasteiger charge is 2.13. The van der Waals surface area contributed by atoms with E-state index in [1.165, 1.54) is 12.1 Å². The number of carbonyl (C=O) groups excluding carboxylic acids is 1. The lowest BCUT2D eigenvalue weighted by atomic mass is 10.2. The number of benzene rings is 1. The fourth-order valence-corrected chi connectivity index (χ4v) is 1.68. The minimum atomic E-state index is -0.939. The molecule has 0 radical (unpaired) electrons. The van der Waals surface area contributed by atoms with Crippen LogP contribution in [0.4, 0.5) is 18.9 Å². The van der Waals surface area contributed by atoms with Gasteiger partial charge in [0.25, 0.3) is 5.91 Å². The van der Waals surface area contributed by atoms with Gasteiger partial charge in [-0.15, -0.1) is 0 Å². The summed E-state index contributed by atoms with van der Waals surface area (Å²) in [5.74, 6) is -3.35. The Labute approximate surface area is 114 Å². The average Bonchev–Trinajstić information content (AvgIpc) is 2.36. The fraction of sp³-hybridized carbons (Fsp3) is 0. The van der Waals surface area contributed by atoms with Crippen LogP contribution in [-0.2, 0) is 0 Å². The molecule has 3 nitrogen and oxygen atoms in total.